The first kappa shape index (κ1) is 13.7. The molecule has 0 saturated heterocycles. The van der Waals surface area contributed by atoms with Gasteiger partial charge in [0.1, 0.15) is 0 Å². The van der Waals surface area contributed by atoms with Crippen LogP contribution in [0, 0.1) is 0 Å². The van der Waals surface area contributed by atoms with Crippen molar-refractivity contribution >= 4 is 17.4 Å². The van der Waals surface area contributed by atoms with Gasteiger partial charge in [-0.1, -0.05) is 39.0 Å². The number of H-pyrrole nitrogens is 1. The molecule has 0 radical (unpaired) electrons. The van der Waals surface area contributed by atoms with Crippen molar-refractivity contribution in [1.29, 1.82) is 0 Å². The number of nitrogens with one attached hydrogen (secondary N) is 3. The molecule has 21 heavy (non-hydrogen) atoms. The summed E-state index contributed by atoms with van der Waals surface area (Å²) in [6.45, 7) is 6.93. The highest BCUT2D eigenvalue weighted by molar-refractivity contribution is 5.97. The minimum absolute atomic E-state index is 0.0164. The van der Waals surface area contributed by atoms with Crippen molar-refractivity contribution < 1.29 is 4.79 Å². The molecule has 1 aromatic carbocycles. The highest BCUT2D eigenvalue weighted by Crippen LogP contribution is 2.32. The second-order valence-corrected chi connectivity index (χ2v) is 6.43. The van der Waals surface area contributed by atoms with Crippen LogP contribution in [0.2, 0.25) is 0 Å². The van der Waals surface area contributed by atoms with Crippen molar-refractivity contribution in [2.75, 3.05) is 17.2 Å². The van der Waals surface area contributed by atoms with Crippen LogP contribution in [0.4, 0.5) is 11.5 Å². The number of nitrogens with zero attached hydrogens (tertiary/aromatic N) is 1. The number of hydrogen-bond acceptors (Lipinski definition) is 3. The number of aromatic nitrogens is 2. The molecule has 5 nitrogen and oxygen atoms in total. The lowest BCUT2D eigenvalue weighted by Gasteiger charge is -2.14. The van der Waals surface area contributed by atoms with Crippen molar-refractivity contribution in [3.63, 3.8) is 0 Å². The SMILES string of the molecule is CC(C)(C)c1cc(NC(=O)C2CNc3ccccc32)n[nH]1. The Morgan fingerprint density at radius 3 is 2.81 bits per heavy atom. The third kappa shape index (κ3) is 2.63. The van der Waals surface area contributed by atoms with Gasteiger partial charge in [0.2, 0.25) is 5.91 Å². The standard InChI is InChI=1S/C16H20N4O/c1-16(2,3)13-8-14(20-19-13)18-15(21)11-9-17-12-7-5-4-6-10(11)12/h4-8,11,17H,9H2,1-3H3,(H2,18,19,20,21). The first-order valence-electron chi connectivity index (χ1n) is 7.15. The molecule has 1 aliphatic heterocycles. The fourth-order valence-electron chi connectivity index (χ4n) is 2.50. The van der Waals surface area contributed by atoms with Gasteiger partial charge < -0.3 is 10.6 Å². The number of aromatic amines is 1. The highest BCUT2D eigenvalue weighted by Gasteiger charge is 2.28. The minimum Gasteiger partial charge on any atom is -0.384 e. The van der Waals surface area contributed by atoms with E-state index in [1.807, 2.05) is 30.3 Å². The van der Waals surface area contributed by atoms with Gasteiger partial charge >= 0.3 is 0 Å². The average molecular weight is 284 g/mol. The molecule has 5 heteroatoms. The molecule has 0 fully saturated rings. The number of fused-ring (bicyclic) bond motifs is 1. The van der Waals surface area contributed by atoms with Crippen molar-refractivity contribution in [3.8, 4) is 0 Å². The fourth-order valence-corrected chi connectivity index (χ4v) is 2.50. The van der Waals surface area contributed by atoms with Gasteiger partial charge in [-0.25, -0.2) is 0 Å². The molecule has 1 amide bonds. The van der Waals surface area contributed by atoms with Gasteiger partial charge in [-0.2, -0.15) is 5.10 Å². The van der Waals surface area contributed by atoms with E-state index in [1.165, 1.54) is 0 Å². The Morgan fingerprint density at radius 2 is 2.10 bits per heavy atom. The quantitative estimate of drug-likeness (QED) is 0.794. The van der Waals surface area contributed by atoms with E-state index < -0.39 is 0 Å². The first-order chi connectivity index (χ1) is 9.95. The Labute approximate surface area is 124 Å². The zero-order valence-electron chi connectivity index (χ0n) is 12.5. The monoisotopic (exact) mass is 284 g/mol. The number of amides is 1. The number of anilines is 2. The summed E-state index contributed by atoms with van der Waals surface area (Å²) >= 11 is 0. The molecule has 0 bridgehead atoms. The summed E-state index contributed by atoms with van der Waals surface area (Å²) in [6, 6.07) is 9.81. The predicted molar refractivity (Wildman–Crippen MR) is 83.6 cm³/mol. The predicted octanol–water partition coefficient (Wildman–Crippen LogP) is 2.86. The number of rotatable bonds is 2. The molecule has 1 aromatic heterocycles. The second-order valence-electron chi connectivity index (χ2n) is 6.43. The largest absolute Gasteiger partial charge is 0.384 e. The van der Waals surface area contributed by atoms with Crippen molar-refractivity contribution in [2.24, 2.45) is 0 Å². The van der Waals surface area contributed by atoms with Crippen molar-refractivity contribution in [2.45, 2.75) is 32.1 Å². The summed E-state index contributed by atoms with van der Waals surface area (Å²) in [6.07, 6.45) is 0. The third-order valence-corrected chi connectivity index (χ3v) is 3.79. The maximum absolute atomic E-state index is 12.4. The summed E-state index contributed by atoms with van der Waals surface area (Å²) in [5.41, 5.74) is 3.07. The van der Waals surface area contributed by atoms with Crippen LogP contribution < -0.4 is 10.6 Å². The van der Waals surface area contributed by atoms with E-state index in [4.69, 9.17) is 0 Å². The van der Waals surface area contributed by atoms with Gasteiger partial charge in [-0.05, 0) is 11.6 Å². The summed E-state index contributed by atoms with van der Waals surface area (Å²) in [7, 11) is 0. The topological polar surface area (TPSA) is 69.8 Å². The lowest BCUT2D eigenvalue weighted by Crippen LogP contribution is -2.22. The molecule has 2 aromatic rings. The summed E-state index contributed by atoms with van der Waals surface area (Å²) in [4.78, 5) is 12.4. The highest BCUT2D eigenvalue weighted by atomic mass is 16.2. The molecule has 3 N–H and O–H groups in total. The molecule has 1 aliphatic rings. The normalized spacial score (nSPS) is 17.2. The molecule has 3 rings (SSSR count). The minimum atomic E-state index is -0.170. The number of benzene rings is 1. The van der Waals surface area contributed by atoms with E-state index in [1.54, 1.807) is 0 Å². The second kappa shape index (κ2) is 4.91. The van der Waals surface area contributed by atoms with E-state index in [-0.39, 0.29) is 17.2 Å². The van der Waals surface area contributed by atoms with Gasteiger partial charge in [0.15, 0.2) is 5.82 Å². The zero-order chi connectivity index (χ0) is 15.0. The van der Waals surface area contributed by atoms with Crippen molar-refractivity contribution in [3.05, 3.63) is 41.6 Å². The first-order valence-corrected chi connectivity index (χ1v) is 7.15. The van der Waals surface area contributed by atoms with Crippen LogP contribution in [0.5, 0.6) is 0 Å². The third-order valence-electron chi connectivity index (χ3n) is 3.79. The summed E-state index contributed by atoms with van der Waals surface area (Å²) in [5.74, 6) is 0.379. The Morgan fingerprint density at radius 1 is 1.33 bits per heavy atom. The van der Waals surface area contributed by atoms with Crippen LogP contribution in [-0.4, -0.2) is 22.6 Å². The lowest BCUT2D eigenvalue weighted by molar-refractivity contribution is -0.117. The Hall–Kier alpha value is -2.30. The van der Waals surface area contributed by atoms with Crippen LogP contribution in [0.1, 0.15) is 37.9 Å². The molecule has 0 aliphatic carbocycles. The van der Waals surface area contributed by atoms with Crippen molar-refractivity contribution in [1.82, 2.24) is 10.2 Å². The molecule has 110 valence electrons. The van der Waals surface area contributed by atoms with E-state index in [9.17, 15) is 4.79 Å². The summed E-state index contributed by atoms with van der Waals surface area (Å²) in [5, 5.41) is 13.3. The van der Waals surface area contributed by atoms with E-state index >= 15 is 0 Å². The number of carbonyl (C=O) groups excluding carboxylic acids is 1. The van der Waals surface area contributed by atoms with Crippen LogP contribution >= 0.6 is 0 Å². The smallest absolute Gasteiger partial charge is 0.234 e. The van der Waals surface area contributed by atoms with E-state index in [2.05, 4.69) is 41.6 Å². The van der Waals surface area contributed by atoms with Crippen LogP contribution in [-0.2, 0) is 10.2 Å². The fraction of sp³-hybridized carbons (Fsp3) is 0.375. The Balaban J connectivity index is 1.75. The van der Waals surface area contributed by atoms with Gasteiger partial charge in [0, 0.05) is 29.4 Å². The maximum atomic E-state index is 12.4. The van der Waals surface area contributed by atoms with Crippen LogP contribution in [0.3, 0.4) is 0 Å². The number of para-hydroxylation sites is 1. The molecule has 2 heterocycles. The Kier molecular flexibility index (Phi) is 3.20. The lowest BCUT2D eigenvalue weighted by atomic mass is 9.92. The Bertz CT molecular complexity index is 669. The zero-order valence-corrected chi connectivity index (χ0v) is 12.5. The molecule has 1 atom stereocenters. The number of hydrogen-bond donors (Lipinski definition) is 3. The maximum Gasteiger partial charge on any atom is 0.234 e. The average Bonchev–Trinajstić information content (AvgIpc) is 3.03. The molecular formula is C16H20N4O. The van der Waals surface area contributed by atoms with Crippen LogP contribution in [0.25, 0.3) is 0 Å². The molecule has 1 unspecified atom stereocenters. The van der Waals surface area contributed by atoms with E-state index in [0.717, 1.165) is 16.9 Å². The van der Waals surface area contributed by atoms with Gasteiger partial charge in [-0.15, -0.1) is 0 Å². The van der Waals surface area contributed by atoms with Gasteiger partial charge in [0.05, 0.1) is 5.92 Å². The molecule has 0 saturated carbocycles. The van der Waals surface area contributed by atoms with Gasteiger partial charge in [-0.3, -0.25) is 9.89 Å². The summed E-state index contributed by atoms with van der Waals surface area (Å²) < 4.78 is 0. The van der Waals surface area contributed by atoms with E-state index in [0.29, 0.717) is 12.4 Å². The van der Waals surface area contributed by atoms with Gasteiger partial charge in [0.25, 0.3) is 0 Å². The van der Waals surface area contributed by atoms with Crippen LogP contribution in [0.15, 0.2) is 30.3 Å². The molecule has 0 spiro atoms. The molecular weight excluding hydrogens is 264 g/mol. The number of carbonyl (C=O) groups is 1.